The average Bonchev–Trinajstić information content (AvgIpc) is 2.90. The molecule has 0 spiro atoms. The van der Waals surface area contributed by atoms with Crippen molar-refractivity contribution in [3.05, 3.63) is 12.2 Å². The van der Waals surface area contributed by atoms with E-state index in [2.05, 4.69) is 29.7 Å². The molecule has 1 fully saturated rings. The van der Waals surface area contributed by atoms with Gasteiger partial charge in [0.25, 0.3) is 0 Å². The van der Waals surface area contributed by atoms with E-state index in [0.29, 0.717) is 11.5 Å². The number of nitrogens with one attached hydrogen (secondary N) is 2. The van der Waals surface area contributed by atoms with Crippen LogP contribution >= 0.6 is 0 Å². The van der Waals surface area contributed by atoms with Crippen molar-refractivity contribution < 1.29 is 4.74 Å². The van der Waals surface area contributed by atoms with Crippen LogP contribution in [0.2, 0.25) is 0 Å². The molecule has 0 bridgehead atoms. The first-order chi connectivity index (χ1) is 9.78. The van der Waals surface area contributed by atoms with E-state index >= 15 is 0 Å². The van der Waals surface area contributed by atoms with E-state index in [-0.39, 0.29) is 0 Å². The molecule has 0 radical (unpaired) electrons. The number of aliphatic imine (C=N–C) groups is 1. The molecule has 0 unspecified atom stereocenters. The summed E-state index contributed by atoms with van der Waals surface area (Å²) in [6.45, 7) is 4.81. The van der Waals surface area contributed by atoms with Gasteiger partial charge in [-0.05, 0) is 44.4 Å². The van der Waals surface area contributed by atoms with Crippen molar-refractivity contribution in [2.45, 2.75) is 51.5 Å². The molecule has 0 aromatic heterocycles. The molecule has 0 heterocycles. The summed E-state index contributed by atoms with van der Waals surface area (Å²) in [5.41, 5.74) is 0.395. The fourth-order valence-electron chi connectivity index (χ4n) is 2.98. The lowest BCUT2D eigenvalue weighted by molar-refractivity contribution is 0.0778. The number of rotatable bonds is 7. The van der Waals surface area contributed by atoms with Crippen LogP contribution in [0.1, 0.15) is 45.4 Å². The molecule has 2 aliphatic rings. The third-order valence-electron chi connectivity index (χ3n) is 4.52. The molecular formula is C16H29N3O. The molecule has 0 amide bonds. The van der Waals surface area contributed by atoms with Crippen LogP contribution in [0.3, 0.4) is 0 Å². The Balaban J connectivity index is 1.86. The van der Waals surface area contributed by atoms with Crippen LogP contribution < -0.4 is 10.6 Å². The minimum absolute atomic E-state index is 0.395. The monoisotopic (exact) mass is 279 g/mol. The predicted octanol–water partition coefficient (Wildman–Crippen LogP) is 2.47. The van der Waals surface area contributed by atoms with Gasteiger partial charge in [-0.2, -0.15) is 0 Å². The number of hydrogen-bond donors (Lipinski definition) is 2. The van der Waals surface area contributed by atoms with Gasteiger partial charge in [-0.3, -0.25) is 4.99 Å². The quantitative estimate of drug-likeness (QED) is 0.427. The van der Waals surface area contributed by atoms with E-state index in [1.165, 1.54) is 19.3 Å². The van der Waals surface area contributed by atoms with Crippen LogP contribution in [0.4, 0.5) is 0 Å². The van der Waals surface area contributed by atoms with E-state index in [4.69, 9.17) is 9.73 Å². The number of methoxy groups -OCH3 is 1. The topological polar surface area (TPSA) is 45.7 Å². The standard InChI is InChI=1S/C16H29N3O/c1-3-17-15(19-14-7-4-5-8-14)18-13-16(9-6-10-16)11-12-20-2/h4-5,14H,3,6-13H2,1-2H3,(H2,17,18,19). The Bertz CT molecular complexity index is 340. The molecule has 2 rings (SSSR count). The maximum absolute atomic E-state index is 5.25. The van der Waals surface area contributed by atoms with Gasteiger partial charge in [0.1, 0.15) is 0 Å². The molecule has 0 aromatic rings. The number of hydrogen-bond acceptors (Lipinski definition) is 2. The summed E-state index contributed by atoms with van der Waals surface area (Å²) in [5.74, 6) is 0.977. The van der Waals surface area contributed by atoms with Gasteiger partial charge in [0, 0.05) is 32.8 Å². The fraction of sp³-hybridized carbons (Fsp3) is 0.812. The smallest absolute Gasteiger partial charge is 0.191 e. The van der Waals surface area contributed by atoms with E-state index in [0.717, 1.165) is 44.9 Å². The Morgan fingerprint density at radius 3 is 2.65 bits per heavy atom. The largest absolute Gasteiger partial charge is 0.385 e. The van der Waals surface area contributed by atoms with E-state index in [1.807, 2.05) is 0 Å². The summed E-state index contributed by atoms with van der Waals surface area (Å²) in [6.07, 6.45) is 11.8. The lowest BCUT2D eigenvalue weighted by Crippen LogP contribution is -2.44. The van der Waals surface area contributed by atoms with Crippen LogP contribution in [0.15, 0.2) is 17.1 Å². The zero-order valence-electron chi connectivity index (χ0n) is 13.0. The zero-order chi connectivity index (χ0) is 14.3. The number of nitrogens with zero attached hydrogens (tertiary/aromatic N) is 1. The Morgan fingerprint density at radius 2 is 2.10 bits per heavy atom. The van der Waals surface area contributed by atoms with Crippen molar-refractivity contribution in [1.29, 1.82) is 0 Å². The van der Waals surface area contributed by atoms with E-state index in [9.17, 15) is 0 Å². The van der Waals surface area contributed by atoms with Crippen LogP contribution in [0.25, 0.3) is 0 Å². The lowest BCUT2D eigenvalue weighted by Gasteiger charge is -2.41. The van der Waals surface area contributed by atoms with Gasteiger partial charge < -0.3 is 15.4 Å². The van der Waals surface area contributed by atoms with Crippen LogP contribution in [0, 0.1) is 5.41 Å². The Kier molecular flexibility index (Phi) is 5.89. The van der Waals surface area contributed by atoms with Crippen LogP contribution in [-0.2, 0) is 4.74 Å². The van der Waals surface area contributed by atoms with Crippen molar-refractivity contribution in [2.24, 2.45) is 10.4 Å². The second kappa shape index (κ2) is 7.67. The Labute approximate surface area is 123 Å². The van der Waals surface area contributed by atoms with Crippen molar-refractivity contribution in [2.75, 3.05) is 26.8 Å². The summed E-state index contributed by atoms with van der Waals surface area (Å²) in [4.78, 5) is 4.84. The summed E-state index contributed by atoms with van der Waals surface area (Å²) >= 11 is 0. The summed E-state index contributed by atoms with van der Waals surface area (Å²) in [6, 6.07) is 0.518. The normalized spacial score (nSPS) is 21.8. The van der Waals surface area contributed by atoms with Crippen LogP contribution in [0.5, 0.6) is 0 Å². The first-order valence-electron chi connectivity index (χ1n) is 7.97. The Morgan fingerprint density at radius 1 is 1.35 bits per heavy atom. The molecule has 0 saturated heterocycles. The first kappa shape index (κ1) is 15.4. The average molecular weight is 279 g/mol. The second-order valence-corrected chi connectivity index (χ2v) is 6.08. The summed E-state index contributed by atoms with van der Waals surface area (Å²) in [5, 5.41) is 6.91. The zero-order valence-corrected chi connectivity index (χ0v) is 13.0. The minimum Gasteiger partial charge on any atom is -0.385 e. The molecular weight excluding hydrogens is 250 g/mol. The highest BCUT2D eigenvalue weighted by atomic mass is 16.5. The SMILES string of the molecule is CCNC(=NCC1(CCOC)CCC1)NC1CC=CC1. The molecule has 2 N–H and O–H groups in total. The van der Waals surface area contributed by atoms with E-state index < -0.39 is 0 Å². The van der Waals surface area contributed by atoms with Crippen molar-refractivity contribution in [3.63, 3.8) is 0 Å². The highest BCUT2D eigenvalue weighted by molar-refractivity contribution is 5.80. The maximum atomic E-state index is 5.25. The molecule has 20 heavy (non-hydrogen) atoms. The summed E-state index contributed by atoms with van der Waals surface area (Å²) < 4.78 is 5.25. The molecule has 0 atom stereocenters. The van der Waals surface area contributed by atoms with Crippen molar-refractivity contribution in [3.8, 4) is 0 Å². The van der Waals surface area contributed by atoms with Gasteiger partial charge in [0.15, 0.2) is 5.96 Å². The molecule has 4 heteroatoms. The molecule has 0 aliphatic heterocycles. The third kappa shape index (κ3) is 4.23. The van der Waals surface area contributed by atoms with Crippen molar-refractivity contribution >= 4 is 5.96 Å². The molecule has 0 aromatic carbocycles. The lowest BCUT2D eigenvalue weighted by atomic mass is 9.67. The van der Waals surface area contributed by atoms with Gasteiger partial charge in [-0.25, -0.2) is 0 Å². The van der Waals surface area contributed by atoms with E-state index in [1.54, 1.807) is 7.11 Å². The Hall–Kier alpha value is -1.03. The highest BCUT2D eigenvalue weighted by Crippen LogP contribution is 2.44. The van der Waals surface area contributed by atoms with Crippen molar-refractivity contribution in [1.82, 2.24) is 10.6 Å². The third-order valence-corrected chi connectivity index (χ3v) is 4.52. The van der Waals surface area contributed by atoms with Gasteiger partial charge in [-0.15, -0.1) is 0 Å². The molecule has 2 aliphatic carbocycles. The van der Waals surface area contributed by atoms with Gasteiger partial charge in [0.05, 0.1) is 0 Å². The molecule has 4 nitrogen and oxygen atoms in total. The first-order valence-corrected chi connectivity index (χ1v) is 7.97. The fourth-order valence-corrected chi connectivity index (χ4v) is 2.98. The number of guanidine groups is 1. The van der Waals surface area contributed by atoms with Gasteiger partial charge in [0.2, 0.25) is 0 Å². The molecule has 1 saturated carbocycles. The van der Waals surface area contributed by atoms with Crippen LogP contribution in [-0.4, -0.2) is 38.8 Å². The van der Waals surface area contributed by atoms with Gasteiger partial charge >= 0.3 is 0 Å². The number of ether oxygens (including phenoxy) is 1. The predicted molar refractivity (Wildman–Crippen MR) is 84.1 cm³/mol. The maximum Gasteiger partial charge on any atom is 0.191 e. The summed E-state index contributed by atoms with van der Waals surface area (Å²) in [7, 11) is 1.79. The molecule has 114 valence electrons. The highest BCUT2D eigenvalue weighted by Gasteiger charge is 2.36. The minimum atomic E-state index is 0.395. The van der Waals surface area contributed by atoms with Gasteiger partial charge in [-0.1, -0.05) is 18.6 Å². The second-order valence-electron chi connectivity index (χ2n) is 6.08.